The van der Waals surface area contributed by atoms with Gasteiger partial charge in [-0.2, -0.15) is 0 Å². The minimum absolute atomic E-state index is 0.0258. The van der Waals surface area contributed by atoms with Gasteiger partial charge in [0.05, 0.1) is 6.04 Å². The number of nitrogens with one attached hydrogen (secondary N) is 2. The maximum atomic E-state index is 11.7. The van der Waals surface area contributed by atoms with Crippen molar-refractivity contribution in [2.45, 2.75) is 25.9 Å². The lowest BCUT2D eigenvalue weighted by atomic mass is 10.2. The number of hydrogen-bond donors (Lipinski definition) is 2. The zero-order valence-corrected chi connectivity index (χ0v) is 10.3. The van der Waals surface area contributed by atoms with Gasteiger partial charge in [-0.1, -0.05) is 36.4 Å². The van der Waals surface area contributed by atoms with Gasteiger partial charge >= 0.3 is 0 Å². The summed E-state index contributed by atoms with van der Waals surface area (Å²) in [6.45, 7) is 6.86. The maximum absolute atomic E-state index is 11.7. The molecule has 0 aliphatic heterocycles. The Hall–Kier alpha value is -1.61. The third-order valence-electron chi connectivity index (χ3n) is 2.50. The molecular weight excluding hydrogens is 212 g/mol. The Bertz CT molecular complexity index is 348. The molecule has 0 aliphatic carbocycles. The molecule has 0 radical (unpaired) electrons. The number of hydrogen-bond acceptors (Lipinski definition) is 2. The Morgan fingerprint density at radius 3 is 2.76 bits per heavy atom. The lowest BCUT2D eigenvalue weighted by Gasteiger charge is -2.13. The summed E-state index contributed by atoms with van der Waals surface area (Å²) in [5, 5.41) is 6.03. The van der Waals surface area contributed by atoms with Crippen molar-refractivity contribution in [3.8, 4) is 0 Å². The lowest BCUT2D eigenvalue weighted by molar-refractivity contribution is -0.122. The normalized spacial score (nSPS) is 11.8. The highest BCUT2D eigenvalue weighted by Gasteiger charge is 2.10. The summed E-state index contributed by atoms with van der Waals surface area (Å²) in [7, 11) is 0. The van der Waals surface area contributed by atoms with Crippen molar-refractivity contribution in [2.24, 2.45) is 0 Å². The van der Waals surface area contributed by atoms with Crippen LogP contribution < -0.4 is 10.6 Å². The second-order valence-electron chi connectivity index (χ2n) is 3.96. The molecule has 0 fully saturated rings. The van der Waals surface area contributed by atoms with E-state index in [1.807, 2.05) is 43.3 Å². The second-order valence-corrected chi connectivity index (χ2v) is 3.96. The van der Waals surface area contributed by atoms with Crippen LogP contribution in [0.5, 0.6) is 0 Å². The number of benzene rings is 1. The molecular formula is C14H20N2O. The van der Waals surface area contributed by atoms with Crippen LogP contribution in [-0.4, -0.2) is 18.5 Å². The number of rotatable bonds is 7. The Morgan fingerprint density at radius 1 is 1.41 bits per heavy atom. The number of amides is 1. The van der Waals surface area contributed by atoms with E-state index in [1.54, 1.807) is 0 Å². The van der Waals surface area contributed by atoms with Crippen LogP contribution in [0, 0.1) is 0 Å². The Morgan fingerprint density at radius 2 is 2.12 bits per heavy atom. The fourth-order valence-corrected chi connectivity index (χ4v) is 1.43. The third kappa shape index (κ3) is 5.31. The molecule has 0 heterocycles. The highest BCUT2D eigenvalue weighted by atomic mass is 16.2. The van der Waals surface area contributed by atoms with Crippen molar-refractivity contribution < 1.29 is 4.79 Å². The van der Waals surface area contributed by atoms with Crippen molar-refractivity contribution in [3.63, 3.8) is 0 Å². The van der Waals surface area contributed by atoms with Crippen LogP contribution in [0.15, 0.2) is 43.0 Å². The average molecular weight is 232 g/mol. The van der Waals surface area contributed by atoms with Crippen LogP contribution in [0.1, 0.15) is 18.9 Å². The molecule has 1 aromatic carbocycles. The summed E-state index contributed by atoms with van der Waals surface area (Å²) in [6.07, 6.45) is 2.71. The molecule has 3 nitrogen and oxygen atoms in total. The van der Waals surface area contributed by atoms with E-state index in [4.69, 9.17) is 0 Å². The zero-order chi connectivity index (χ0) is 12.5. The van der Waals surface area contributed by atoms with Gasteiger partial charge in [0, 0.05) is 6.54 Å². The van der Waals surface area contributed by atoms with E-state index in [2.05, 4.69) is 17.2 Å². The Labute approximate surface area is 103 Å². The van der Waals surface area contributed by atoms with Gasteiger partial charge in [0.1, 0.15) is 0 Å². The molecule has 3 heteroatoms. The molecule has 1 rings (SSSR count). The Kier molecular flexibility index (Phi) is 6.04. The smallest absolute Gasteiger partial charge is 0.237 e. The van der Waals surface area contributed by atoms with Crippen molar-refractivity contribution >= 4 is 5.91 Å². The van der Waals surface area contributed by atoms with E-state index in [9.17, 15) is 4.79 Å². The largest absolute Gasteiger partial charge is 0.351 e. The Balaban J connectivity index is 2.26. The van der Waals surface area contributed by atoms with Crippen LogP contribution in [0.2, 0.25) is 0 Å². The first-order valence-electron chi connectivity index (χ1n) is 5.90. The average Bonchev–Trinajstić information content (AvgIpc) is 2.37. The zero-order valence-electron chi connectivity index (χ0n) is 10.3. The lowest BCUT2D eigenvalue weighted by Crippen LogP contribution is -2.42. The van der Waals surface area contributed by atoms with Crippen molar-refractivity contribution in [3.05, 3.63) is 48.6 Å². The van der Waals surface area contributed by atoms with Gasteiger partial charge in [-0.3, -0.25) is 4.79 Å². The molecule has 0 bridgehead atoms. The summed E-state index contributed by atoms with van der Waals surface area (Å²) in [4.78, 5) is 11.7. The molecule has 2 N–H and O–H groups in total. The molecule has 1 aromatic rings. The van der Waals surface area contributed by atoms with Crippen molar-refractivity contribution in [1.29, 1.82) is 0 Å². The summed E-state index contributed by atoms with van der Waals surface area (Å²) in [5.74, 6) is 0.0258. The number of carbonyl (C=O) groups excluding carboxylic acids is 1. The van der Waals surface area contributed by atoms with Crippen LogP contribution in [0.4, 0.5) is 0 Å². The summed E-state index contributed by atoms with van der Waals surface area (Å²) in [5.41, 5.74) is 1.11. The van der Waals surface area contributed by atoms with Gasteiger partial charge < -0.3 is 10.6 Å². The van der Waals surface area contributed by atoms with Crippen molar-refractivity contribution in [2.75, 3.05) is 6.54 Å². The summed E-state index contributed by atoms with van der Waals surface area (Å²) >= 11 is 0. The maximum Gasteiger partial charge on any atom is 0.237 e. The predicted octanol–water partition coefficient (Wildman–Crippen LogP) is 1.86. The minimum atomic E-state index is -0.168. The monoisotopic (exact) mass is 232 g/mol. The first-order chi connectivity index (χ1) is 8.24. The molecule has 0 aromatic heterocycles. The summed E-state index contributed by atoms with van der Waals surface area (Å²) < 4.78 is 0. The van der Waals surface area contributed by atoms with Crippen LogP contribution >= 0.6 is 0 Å². The van der Waals surface area contributed by atoms with Gasteiger partial charge in [-0.15, -0.1) is 6.58 Å². The second kappa shape index (κ2) is 7.63. The topological polar surface area (TPSA) is 41.1 Å². The van der Waals surface area contributed by atoms with Gasteiger partial charge in [-0.05, 0) is 25.5 Å². The molecule has 1 atom stereocenters. The van der Waals surface area contributed by atoms with E-state index < -0.39 is 0 Å². The molecule has 1 amide bonds. The van der Waals surface area contributed by atoms with E-state index in [1.165, 1.54) is 0 Å². The first kappa shape index (κ1) is 13.5. The predicted molar refractivity (Wildman–Crippen MR) is 70.6 cm³/mol. The first-order valence-corrected chi connectivity index (χ1v) is 5.90. The van der Waals surface area contributed by atoms with E-state index >= 15 is 0 Å². The highest BCUT2D eigenvalue weighted by Crippen LogP contribution is 1.97. The molecule has 92 valence electrons. The fourth-order valence-electron chi connectivity index (χ4n) is 1.43. The molecule has 0 saturated heterocycles. The van der Waals surface area contributed by atoms with E-state index in [0.717, 1.165) is 18.5 Å². The van der Waals surface area contributed by atoms with Gasteiger partial charge in [-0.25, -0.2) is 0 Å². The van der Waals surface area contributed by atoms with Gasteiger partial charge in [0.2, 0.25) is 5.91 Å². The molecule has 0 spiro atoms. The van der Waals surface area contributed by atoms with E-state index in [0.29, 0.717) is 6.54 Å². The quantitative estimate of drug-likeness (QED) is 0.556. The van der Waals surface area contributed by atoms with Gasteiger partial charge in [0.25, 0.3) is 0 Å². The van der Waals surface area contributed by atoms with Crippen LogP contribution in [-0.2, 0) is 11.3 Å². The standard InChI is InChI=1S/C14H20N2O/c1-3-4-10-15-12(2)14(17)16-11-13-8-6-5-7-9-13/h3,5-9,12,15H,1,4,10-11H2,2H3,(H,16,17). The van der Waals surface area contributed by atoms with Crippen LogP contribution in [0.25, 0.3) is 0 Å². The number of carbonyl (C=O) groups is 1. The van der Waals surface area contributed by atoms with Gasteiger partial charge in [0.15, 0.2) is 0 Å². The minimum Gasteiger partial charge on any atom is -0.351 e. The van der Waals surface area contributed by atoms with E-state index in [-0.39, 0.29) is 11.9 Å². The summed E-state index contributed by atoms with van der Waals surface area (Å²) in [6, 6.07) is 9.72. The van der Waals surface area contributed by atoms with Crippen molar-refractivity contribution in [1.82, 2.24) is 10.6 Å². The third-order valence-corrected chi connectivity index (χ3v) is 2.50. The fraction of sp³-hybridized carbons (Fsp3) is 0.357. The molecule has 0 saturated carbocycles. The SMILES string of the molecule is C=CCCNC(C)C(=O)NCc1ccccc1. The highest BCUT2D eigenvalue weighted by molar-refractivity contribution is 5.81. The van der Waals surface area contributed by atoms with Crippen LogP contribution in [0.3, 0.4) is 0 Å². The molecule has 0 aliphatic rings. The molecule has 1 unspecified atom stereocenters. The molecule has 17 heavy (non-hydrogen) atoms.